The second kappa shape index (κ2) is 6.74. The molecule has 122 valence electrons. The van der Waals surface area contributed by atoms with Crippen LogP contribution in [0.5, 0.6) is 0 Å². The molecule has 0 amide bonds. The zero-order valence-corrected chi connectivity index (χ0v) is 13.4. The molecule has 5 nitrogen and oxygen atoms in total. The van der Waals surface area contributed by atoms with Crippen LogP contribution in [0.1, 0.15) is 6.42 Å². The lowest BCUT2D eigenvalue weighted by Gasteiger charge is -2.18. The van der Waals surface area contributed by atoms with Gasteiger partial charge in [-0.05, 0) is 24.5 Å². The summed E-state index contributed by atoms with van der Waals surface area (Å²) in [5.74, 6) is 1.20. The molecule has 0 bridgehead atoms. The molecule has 5 heteroatoms. The quantitative estimate of drug-likeness (QED) is 0.777. The van der Waals surface area contributed by atoms with E-state index in [1.165, 1.54) is 12.1 Å². The molecule has 2 heterocycles. The highest BCUT2D eigenvalue weighted by molar-refractivity contribution is 5.55. The van der Waals surface area contributed by atoms with E-state index in [1.807, 2.05) is 30.3 Å². The second-order valence-electron chi connectivity index (χ2n) is 6.11. The van der Waals surface area contributed by atoms with Crippen LogP contribution in [0.25, 0.3) is 11.4 Å². The first-order valence-corrected chi connectivity index (χ1v) is 8.31. The van der Waals surface area contributed by atoms with Gasteiger partial charge in [-0.25, -0.2) is 0 Å². The number of nitrogens with one attached hydrogen (secondary N) is 1. The van der Waals surface area contributed by atoms with E-state index in [4.69, 9.17) is 4.52 Å². The predicted molar refractivity (Wildman–Crippen MR) is 95.0 cm³/mol. The maximum absolute atomic E-state index is 5.30. The molecule has 3 aromatic rings. The number of aromatic nitrogens is 2. The highest BCUT2D eigenvalue weighted by Gasteiger charge is 2.23. The molecule has 1 aromatic heterocycles. The molecule has 24 heavy (non-hydrogen) atoms. The summed E-state index contributed by atoms with van der Waals surface area (Å²) in [5.41, 5.74) is 2.26. The first-order chi connectivity index (χ1) is 11.9. The topological polar surface area (TPSA) is 54.2 Å². The van der Waals surface area contributed by atoms with Gasteiger partial charge < -0.3 is 14.7 Å². The maximum atomic E-state index is 5.30. The third kappa shape index (κ3) is 3.25. The van der Waals surface area contributed by atoms with E-state index in [2.05, 4.69) is 50.7 Å². The molecule has 0 saturated carbocycles. The van der Waals surface area contributed by atoms with Gasteiger partial charge in [0.05, 0.1) is 0 Å². The largest absolute Gasteiger partial charge is 0.371 e. The Morgan fingerprint density at radius 3 is 2.58 bits per heavy atom. The van der Waals surface area contributed by atoms with E-state index in [0.29, 0.717) is 17.8 Å². The third-order valence-corrected chi connectivity index (χ3v) is 4.41. The number of rotatable bonds is 5. The van der Waals surface area contributed by atoms with Crippen LogP contribution in [0.3, 0.4) is 0 Å². The van der Waals surface area contributed by atoms with Crippen molar-refractivity contribution in [2.24, 2.45) is 5.92 Å². The fraction of sp³-hybridized carbons (Fsp3) is 0.263. The minimum atomic E-state index is 0.493. The Morgan fingerprint density at radius 1 is 1.04 bits per heavy atom. The van der Waals surface area contributed by atoms with Gasteiger partial charge in [-0.2, -0.15) is 4.98 Å². The summed E-state index contributed by atoms with van der Waals surface area (Å²) < 4.78 is 5.30. The fourth-order valence-electron chi connectivity index (χ4n) is 3.10. The van der Waals surface area contributed by atoms with E-state index < -0.39 is 0 Å². The Kier molecular flexibility index (Phi) is 4.14. The third-order valence-electron chi connectivity index (χ3n) is 4.41. The molecule has 2 aromatic carbocycles. The molecule has 1 unspecified atom stereocenters. The smallest absolute Gasteiger partial charge is 0.321 e. The monoisotopic (exact) mass is 320 g/mol. The van der Waals surface area contributed by atoms with Crippen molar-refractivity contribution >= 4 is 11.7 Å². The minimum absolute atomic E-state index is 0.493. The number of nitrogens with zero attached hydrogens (tertiary/aromatic N) is 3. The van der Waals surface area contributed by atoms with E-state index >= 15 is 0 Å². The van der Waals surface area contributed by atoms with Crippen LogP contribution in [0.4, 0.5) is 11.7 Å². The van der Waals surface area contributed by atoms with E-state index in [9.17, 15) is 0 Å². The summed E-state index contributed by atoms with van der Waals surface area (Å²) >= 11 is 0. The van der Waals surface area contributed by atoms with E-state index in [-0.39, 0.29) is 0 Å². The highest BCUT2D eigenvalue weighted by atomic mass is 16.5. The molecule has 1 N–H and O–H groups in total. The Hall–Kier alpha value is -2.82. The minimum Gasteiger partial charge on any atom is -0.371 e. The molecule has 1 saturated heterocycles. The van der Waals surface area contributed by atoms with Gasteiger partial charge in [0.25, 0.3) is 0 Å². The lowest BCUT2D eigenvalue weighted by Crippen LogP contribution is -2.22. The molecule has 4 rings (SSSR count). The van der Waals surface area contributed by atoms with Crippen molar-refractivity contribution in [2.75, 3.05) is 29.9 Å². The number of hydrogen-bond acceptors (Lipinski definition) is 5. The standard InChI is InChI=1S/C19H20N4O/c1-3-7-16(8-4-1)18-21-19(24-22-18)20-13-15-11-12-23(14-15)17-9-5-2-6-10-17/h1-10,15H,11-14H2,(H,20,21,22). The Morgan fingerprint density at radius 2 is 1.79 bits per heavy atom. The van der Waals surface area contributed by atoms with Gasteiger partial charge in [-0.15, -0.1) is 0 Å². The normalized spacial score (nSPS) is 17.2. The summed E-state index contributed by atoms with van der Waals surface area (Å²) in [7, 11) is 0. The van der Waals surface area contributed by atoms with Gasteiger partial charge in [0.15, 0.2) is 0 Å². The summed E-state index contributed by atoms with van der Waals surface area (Å²) in [5, 5.41) is 7.32. The van der Waals surface area contributed by atoms with Gasteiger partial charge in [0, 0.05) is 30.9 Å². The number of anilines is 2. The van der Waals surface area contributed by atoms with Crippen LogP contribution in [0.2, 0.25) is 0 Å². The fourth-order valence-corrected chi connectivity index (χ4v) is 3.10. The zero-order chi connectivity index (χ0) is 16.2. The van der Waals surface area contributed by atoms with Crippen LogP contribution >= 0.6 is 0 Å². The van der Waals surface area contributed by atoms with Crippen molar-refractivity contribution in [1.29, 1.82) is 0 Å². The average Bonchev–Trinajstić information content (AvgIpc) is 3.31. The molecular formula is C19H20N4O. The average molecular weight is 320 g/mol. The van der Waals surface area contributed by atoms with Crippen LogP contribution in [-0.2, 0) is 0 Å². The van der Waals surface area contributed by atoms with Gasteiger partial charge >= 0.3 is 6.01 Å². The van der Waals surface area contributed by atoms with E-state index in [0.717, 1.165) is 25.2 Å². The van der Waals surface area contributed by atoms with Crippen molar-refractivity contribution in [1.82, 2.24) is 10.1 Å². The molecule has 0 radical (unpaired) electrons. The highest BCUT2D eigenvalue weighted by Crippen LogP contribution is 2.24. The van der Waals surface area contributed by atoms with Crippen LogP contribution < -0.4 is 10.2 Å². The Balaban J connectivity index is 1.33. The molecule has 1 atom stereocenters. The SMILES string of the molecule is c1ccc(-c2noc(NCC3CCN(c4ccccc4)C3)n2)cc1. The zero-order valence-electron chi connectivity index (χ0n) is 13.4. The molecule has 1 aliphatic rings. The lowest BCUT2D eigenvalue weighted by atomic mass is 10.1. The van der Waals surface area contributed by atoms with Gasteiger partial charge in [-0.1, -0.05) is 53.7 Å². The summed E-state index contributed by atoms with van der Waals surface area (Å²) in [6, 6.07) is 20.9. The predicted octanol–water partition coefficient (Wildman–Crippen LogP) is 3.68. The van der Waals surface area contributed by atoms with Crippen molar-refractivity contribution in [3.63, 3.8) is 0 Å². The maximum Gasteiger partial charge on any atom is 0.321 e. The summed E-state index contributed by atoms with van der Waals surface area (Å²) in [6.45, 7) is 2.99. The number of benzene rings is 2. The van der Waals surface area contributed by atoms with Gasteiger partial charge in [-0.3, -0.25) is 0 Å². The van der Waals surface area contributed by atoms with Crippen LogP contribution in [0, 0.1) is 5.92 Å². The van der Waals surface area contributed by atoms with Crippen molar-refractivity contribution in [2.45, 2.75) is 6.42 Å². The Labute approximate surface area is 141 Å². The van der Waals surface area contributed by atoms with Crippen molar-refractivity contribution in [3.05, 3.63) is 60.7 Å². The molecule has 0 spiro atoms. The molecule has 1 fully saturated rings. The summed E-state index contributed by atoms with van der Waals surface area (Å²) in [6.07, 6.45) is 1.17. The number of para-hydroxylation sites is 1. The van der Waals surface area contributed by atoms with Crippen LogP contribution in [0.15, 0.2) is 65.2 Å². The van der Waals surface area contributed by atoms with Crippen molar-refractivity contribution < 1.29 is 4.52 Å². The number of hydrogen-bond donors (Lipinski definition) is 1. The molecular weight excluding hydrogens is 300 g/mol. The van der Waals surface area contributed by atoms with Crippen molar-refractivity contribution in [3.8, 4) is 11.4 Å². The van der Waals surface area contributed by atoms with Crippen LogP contribution in [-0.4, -0.2) is 29.8 Å². The first-order valence-electron chi connectivity index (χ1n) is 8.31. The first kappa shape index (κ1) is 14.8. The van der Waals surface area contributed by atoms with E-state index in [1.54, 1.807) is 0 Å². The molecule has 0 aliphatic carbocycles. The summed E-state index contributed by atoms with van der Waals surface area (Å²) in [4.78, 5) is 6.84. The Bertz CT molecular complexity index is 772. The van der Waals surface area contributed by atoms with Gasteiger partial charge in [0.1, 0.15) is 0 Å². The van der Waals surface area contributed by atoms with Gasteiger partial charge in [0.2, 0.25) is 5.82 Å². The molecule has 1 aliphatic heterocycles. The second-order valence-corrected chi connectivity index (χ2v) is 6.11. The lowest BCUT2D eigenvalue weighted by molar-refractivity contribution is 0.428.